The van der Waals surface area contributed by atoms with Gasteiger partial charge >= 0.3 is 12.1 Å². The number of nitrogens with zero attached hydrogens (tertiary/aromatic N) is 1. The van der Waals surface area contributed by atoms with E-state index in [0.717, 1.165) is 24.8 Å². The highest BCUT2D eigenvalue weighted by atomic mass is 19.4. The molecule has 0 bridgehead atoms. The molecule has 0 saturated heterocycles. The largest absolute Gasteiger partial charge is 0.478 e. The molecule has 1 N–H and O–H groups in total. The van der Waals surface area contributed by atoms with Gasteiger partial charge in [0.2, 0.25) is 11.5 Å². The van der Waals surface area contributed by atoms with Crippen LogP contribution < -0.4 is 9.47 Å². The fourth-order valence-electron chi connectivity index (χ4n) is 2.31. The first-order valence-corrected chi connectivity index (χ1v) is 8.37. The van der Waals surface area contributed by atoms with Crippen LogP contribution in [-0.4, -0.2) is 21.7 Å². The molecule has 1 atom stereocenters. The van der Waals surface area contributed by atoms with E-state index in [2.05, 4.69) is 4.98 Å². The Kier molecular flexibility index (Phi) is 6.30. The molecule has 0 radical (unpaired) electrons. The molecule has 1 heterocycles. The second-order valence-corrected chi connectivity index (χ2v) is 6.20. The van der Waals surface area contributed by atoms with Crippen molar-refractivity contribution in [3.05, 3.63) is 48.2 Å². The zero-order chi connectivity index (χ0) is 20.1. The van der Waals surface area contributed by atoms with Gasteiger partial charge in [-0.05, 0) is 50.1 Å². The molecule has 0 saturated carbocycles. The van der Waals surface area contributed by atoms with Gasteiger partial charge in [-0.15, -0.1) is 0 Å². The number of hydrogen-bond donors (Lipinski definition) is 1. The quantitative estimate of drug-likeness (QED) is 0.669. The summed E-state index contributed by atoms with van der Waals surface area (Å²) in [6.45, 7) is 3.46. The highest BCUT2D eigenvalue weighted by Gasteiger charge is 2.35. The summed E-state index contributed by atoms with van der Waals surface area (Å²) < 4.78 is 49.1. The van der Waals surface area contributed by atoms with E-state index in [-0.39, 0.29) is 11.6 Å². The van der Waals surface area contributed by atoms with Crippen molar-refractivity contribution in [2.45, 2.75) is 44.9 Å². The predicted molar refractivity (Wildman–Crippen MR) is 91.9 cm³/mol. The summed E-state index contributed by atoms with van der Waals surface area (Å²) in [5.41, 5.74) is -2.22. The Morgan fingerprint density at radius 1 is 1.15 bits per heavy atom. The van der Waals surface area contributed by atoms with Crippen molar-refractivity contribution in [1.82, 2.24) is 4.98 Å². The zero-order valence-electron chi connectivity index (χ0n) is 14.9. The molecule has 0 aliphatic carbocycles. The Labute approximate surface area is 154 Å². The molecular weight excluding hydrogens is 363 g/mol. The van der Waals surface area contributed by atoms with Crippen LogP contribution in [0.15, 0.2) is 42.6 Å². The third-order valence-corrected chi connectivity index (χ3v) is 3.91. The molecule has 5 nitrogen and oxygen atoms in total. The van der Waals surface area contributed by atoms with Crippen LogP contribution in [0.3, 0.4) is 0 Å². The van der Waals surface area contributed by atoms with E-state index in [1.165, 1.54) is 31.2 Å². The van der Waals surface area contributed by atoms with Gasteiger partial charge in [0.25, 0.3) is 0 Å². The normalized spacial score (nSPS) is 13.7. The minimum atomic E-state index is -4.49. The van der Waals surface area contributed by atoms with Crippen LogP contribution >= 0.6 is 0 Å². The Morgan fingerprint density at radius 2 is 1.78 bits per heavy atom. The Morgan fingerprint density at radius 3 is 2.33 bits per heavy atom. The average Bonchev–Trinajstić information content (AvgIpc) is 2.61. The lowest BCUT2D eigenvalue weighted by atomic mass is 9.99. The second-order valence-electron chi connectivity index (χ2n) is 6.20. The van der Waals surface area contributed by atoms with Gasteiger partial charge in [-0.1, -0.05) is 13.3 Å². The van der Waals surface area contributed by atoms with E-state index in [1.807, 2.05) is 6.92 Å². The Balaban J connectivity index is 2.10. The smallest absolute Gasteiger partial charge is 0.416 e. The number of hydrogen-bond acceptors (Lipinski definition) is 4. The molecule has 8 heteroatoms. The molecule has 0 fully saturated rings. The standard InChI is InChI=1S/C19H20F3NO4/c1-3-4-10-18(2,17(24)25)27-15-7-5-14(6-8-15)26-16-12-13(9-11-23-16)19(20,21)22/h5-9,11-12H,3-4,10H2,1-2H3,(H,24,25). The van der Waals surface area contributed by atoms with E-state index >= 15 is 0 Å². The summed E-state index contributed by atoms with van der Waals surface area (Å²) in [5, 5.41) is 9.41. The van der Waals surface area contributed by atoms with E-state index in [1.54, 1.807) is 0 Å². The van der Waals surface area contributed by atoms with Gasteiger partial charge in [0, 0.05) is 12.3 Å². The number of alkyl halides is 3. The first kappa shape index (κ1) is 20.5. The molecule has 146 valence electrons. The van der Waals surface area contributed by atoms with Gasteiger partial charge in [-0.25, -0.2) is 9.78 Å². The van der Waals surface area contributed by atoms with E-state index in [0.29, 0.717) is 18.6 Å². The summed E-state index contributed by atoms with van der Waals surface area (Å²) in [5.74, 6) is -0.693. The molecule has 0 spiro atoms. The summed E-state index contributed by atoms with van der Waals surface area (Å²) in [6.07, 6.45) is -1.58. The monoisotopic (exact) mass is 383 g/mol. The number of aromatic nitrogens is 1. The van der Waals surface area contributed by atoms with Gasteiger partial charge in [0.15, 0.2) is 0 Å². The molecule has 1 aromatic carbocycles. The van der Waals surface area contributed by atoms with Gasteiger partial charge in [-0.2, -0.15) is 13.2 Å². The number of ether oxygens (including phenoxy) is 2. The lowest BCUT2D eigenvalue weighted by Crippen LogP contribution is -2.41. The maximum atomic E-state index is 12.7. The fourth-order valence-corrected chi connectivity index (χ4v) is 2.31. The van der Waals surface area contributed by atoms with Crippen LogP contribution in [0.5, 0.6) is 17.4 Å². The number of unbranched alkanes of at least 4 members (excludes halogenated alkanes) is 1. The number of aliphatic carboxylic acids is 1. The molecule has 27 heavy (non-hydrogen) atoms. The lowest BCUT2D eigenvalue weighted by Gasteiger charge is -2.26. The van der Waals surface area contributed by atoms with Crippen molar-refractivity contribution in [3.8, 4) is 17.4 Å². The van der Waals surface area contributed by atoms with Crippen molar-refractivity contribution in [1.29, 1.82) is 0 Å². The fraction of sp³-hybridized carbons (Fsp3) is 0.368. The third-order valence-electron chi connectivity index (χ3n) is 3.91. The maximum absolute atomic E-state index is 12.7. The third kappa shape index (κ3) is 5.60. The van der Waals surface area contributed by atoms with Crippen LogP contribution in [0.25, 0.3) is 0 Å². The Hall–Kier alpha value is -2.77. The number of carboxylic acid groups (broad SMARTS) is 1. The SMILES string of the molecule is CCCCC(C)(Oc1ccc(Oc2cc(C(F)(F)F)ccn2)cc1)C(=O)O. The summed E-state index contributed by atoms with van der Waals surface area (Å²) >= 11 is 0. The minimum absolute atomic E-state index is 0.197. The van der Waals surface area contributed by atoms with Gasteiger partial charge in [0.05, 0.1) is 5.56 Å². The van der Waals surface area contributed by atoms with Crippen molar-refractivity contribution in [3.63, 3.8) is 0 Å². The molecule has 0 aliphatic heterocycles. The zero-order valence-corrected chi connectivity index (χ0v) is 14.9. The number of pyridine rings is 1. The number of halogens is 3. The van der Waals surface area contributed by atoms with Gasteiger partial charge < -0.3 is 14.6 Å². The molecule has 2 aromatic rings. The number of carbonyl (C=O) groups is 1. The van der Waals surface area contributed by atoms with Crippen LogP contribution in [-0.2, 0) is 11.0 Å². The number of benzene rings is 1. The van der Waals surface area contributed by atoms with E-state index in [9.17, 15) is 23.1 Å². The molecule has 0 amide bonds. The average molecular weight is 383 g/mol. The first-order valence-electron chi connectivity index (χ1n) is 8.37. The minimum Gasteiger partial charge on any atom is -0.478 e. The molecule has 0 aliphatic rings. The van der Waals surface area contributed by atoms with Crippen LogP contribution in [0.4, 0.5) is 13.2 Å². The molecule has 2 rings (SSSR count). The van der Waals surface area contributed by atoms with Crippen molar-refractivity contribution in [2.24, 2.45) is 0 Å². The summed E-state index contributed by atoms with van der Waals surface area (Å²) in [7, 11) is 0. The highest BCUT2D eigenvalue weighted by Crippen LogP contribution is 2.32. The number of rotatable bonds is 8. The maximum Gasteiger partial charge on any atom is 0.416 e. The highest BCUT2D eigenvalue weighted by molar-refractivity contribution is 5.77. The van der Waals surface area contributed by atoms with E-state index in [4.69, 9.17) is 9.47 Å². The van der Waals surface area contributed by atoms with Crippen LogP contribution in [0.2, 0.25) is 0 Å². The van der Waals surface area contributed by atoms with Crippen molar-refractivity contribution >= 4 is 5.97 Å². The van der Waals surface area contributed by atoms with Crippen LogP contribution in [0, 0.1) is 0 Å². The molecule has 1 unspecified atom stereocenters. The second kappa shape index (κ2) is 8.28. The summed E-state index contributed by atoms with van der Waals surface area (Å²) in [4.78, 5) is 15.3. The molecular formula is C19H20F3NO4. The van der Waals surface area contributed by atoms with Crippen molar-refractivity contribution in [2.75, 3.05) is 0 Å². The predicted octanol–water partition coefficient (Wildman–Crippen LogP) is 5.31. The first-order chi connectivity index (χ1) is 12.6. The topological polar surface area (TPSA) is 68.7 Å². The summed E-state index contributed by atoms with van der Waals surface area (Å²) in [6, 6.07) is 7.59. The Bertz CT molecular complexity index is 777. The lowest BCUT2D eigenvalue weighted by molar-refractivity contribution is -0.154. The van der Waals surface area contributed by atoms with Gasteiger partial charge in [0.1, 0.15) is 11.5 Å². The van der Waals surface area contributed by atoms with Crippen LogP contribution in [0.1, 0.15) is 38.7 Å². The van der Waals surface area contributed by atoms with E-state index < -0.39 is 23.3 Å². The van der Waals surface area contributed by atoms with Crippen molar-refractivity contribution < 1.29 is 32.5 Å². The molecule has 1 aromatic heterocycles. The number of carboxylic acids is 1. The van der Waals surface area contributed by atoms with Gasteiger partial charge in [-0.3, -0.25) is 0 Å².